The quantitative estimate of drug-likeness (QED) is 0.665. The Labute approximate surface area is 180 Å². The number of rotatable bonds is 5. The van der Waals surface area contributed by atoms with Gasteiger partial charge in [-0.3, -0.25) is 4.79 Å². The number of nitrogens with zero attached hydrogens (tertiary/aromatic N) is 2. The Hall–Kier alpha value is -3.19. The Morgan fingerprint density at radius 2 is 1.47 bits per heavy atom. The first-order valence-electron chi connectivity index (χ1n) is 10.1. The van der Waals surface area contributed by atoms with Gasteiger partial charge in [-0.2, -0.15) is 0 Å². The van der Waals surface area contributed by atoms with Crippen molar-refractivity contribution in [2.24, 2.45) is 0 Å². The molecule has 1 aliphatic rings. The third-order valence-corrected chi connectivity index (χ3v) is 6.23. The maximum atomic E-state index is 12.5. The van der Waals surface area contributed by atoms with E-state index >= 15 is 0 Å². The maximum Gasteiger partial charge on any atom is 0.317 e. The van der Waals surface area contributed by atoms with E-state index in [1.54, 1.807) is 0 Å². The van der Waals surface area contributed by atoms with E-state index in [1.807, 2.05) is 65.6 Å². The summed E-state index contributed by atoms with van der Waals surface area (Å²) in [6, 6.07) is 19.6. The molecule has 2 aromatic carbocycles. The van der Waals surface area contributed by atoms with Crippen LogP contribution in [0.2, 0.25) is 0 Å². The molecular weight excluding hydrogens is 396 g/mol. The van der Waals surface area contributed by atoms with Gasteiger partial charge in [0, 0.05) is 43.9 Å². The van der Waals surface area contributed by atoms with E-state index in [1.165, 1.54) is 11.3 Å². The lowest BCUT2D eigenvalue weighted by atomic mass is 10.2. The Bertz CT molecular complexity index is 979. The van der Waals surface area contributed by atoms with Crippen LogP contribution in [0.3, 0.4) is 0 Å². The van der Waals surface area contributed by atoms with E-state index in [-0.39, 0.29) is 11.9 Å². The van der Waals surface area contributed by atoms with Crippen LogP contribution in [0.15, 0.2) is 60.7 Å². The number of carbonyl (C=O) groups excluding carboxylic acids is 2. The van der Waals surface area contributed by atoms with Crippen LogP contribution in [0.4, 0.5) is 4.79 Å². The van der Waals surface area contributed by atoms with Crippen LogP contribution in [0.1, 0.15) is 31.5 Å². The third kappa shape index (κ3) is 5.04. The number of benzene rings is 2. The number of urea groups is 1. The molecule has 0 unspecified atom stereocenters. The number of carbonyl (C=O) groups is 2. The standard InChI is InChI=1S/C23H24N4O2S/c28-21(24-15-17-7-3-1-4-8-17)22-26-19-11-13-27(14-12-20(19)30-22)23(29)25-16-18-9-5-2-6-10-18/h1-10H,11-16H2,(H,24,28)(H,25,29). The second-order valence-corrected chi connectivity index (χ2v) is 8.27. The van der Waals surface area contributed by atoms with Crippen LogP contribution in [-0.4, -0.2) is 34.9 Å². The largest absolute Gasteiger partial charge is 0.346 e. The zero-order valence-corrected chi connectivity index (χ0v) is 17.5. The van der Waals surface area contributed by atoms with Gasteiger partial charge < -0.3 is 15.5 Å². The molecule has 0 fully saturated rings. The van der Waals surface area contributed by atoms with E-state index in [0.717, 1.165) is 28.1 Å². The van der Waals surface area contributed by atoms with Crippen molar-refractivity contribution in [3.63, 3.8) is 0 Å². The predicted molar refractivity (Wildman–Crippen MR) is 117 cm³/mol. The summed E-state index contributed by atoms with van der Waals surface area (Å²) < 4.78 is 0. The summed E-state index contributed by atoms with van der Waals surface area (Å²) >= 11 is 1.43. The molecule has 0 aliphatic carbocycles. The summed E-state index contributed by atoms with van der Waals surface area (Å²) in [5, 5.41) is 6.41. The monoisotopic (exact) mass is 420 g/mol. The van der Waals surface area contributed by atoms with Crippen LogP contribution in [-0.2, 0) is 25.9 Å². The second-order valence-electron chi connectivity index (χ2n) is 7.19. The van der Waals surface area contributed by atoms with Crippen molar-refractivity contribution in [2.75, 3.05) is 13.1 Å². The molecule has 3 amide bonds. The summed E-state index contributed by atoms with van der Waals surface area (Å²) in [5.74, 6) is -0.144. The summed E-state index contributed by atoms with van der Waals surface area (Å²) in [6.45, 7) is 2.23. The van der Waals surface area contributed by atoms with Gasteiger partial charge in [0.25, 0.3) is 5.91 Å². The Balaban J connectivity index is 1.30. The molecule has 1 aromatic heterocycles. The highest BCUT2D eigenvalue weighted by molar-refractivity contribution is 7.13. The van der Waals surface area contributed by atoms with Crippen LogP contribution >= 0.6 is 11.3 Å². The summed E-state index contributed by atoms with van der Waals surface area (Å²) in [6.07, 6.45) is 1.38. The van der Waals surface area contributed by atoms with Gasteiger partial charge in [-0.05, 0) is 11.1 Å². The average Bonchev–Trinajstić information content (AvgIpc) is 3.10. The van der Waals surface area contributed by atoms with E-state index in [0.29, 0.717) is 37.6 Å². The molecule has 0 saturated heterocycles. The molecule has 0 spiro atoms. The van der Waals surface area contributed by atoms with Crippen molar-refractivity contribution >= 4 is 23.3 Å². The Morgan fingerprint density at radius 3 is 2.13 bits per heavy atom. The summed E-state index contributed by atoms with van der Waals surface area (Å²) in [5.41, 5.74) is 3.07. The van der Waals surface area contributed by atoms with E-state index in [4.69, 9.17) is 0 Å². The van der Waals surface area contributed by atoms with E-state index < -0.39 is 0 Å². The first kappa shape index (κ1) is 20.1. The molecule has 4 rings (SSSR count). The SMILES string of the molecule is O=C(NCc1ccccc1)c1nc2c(s1)CCN(C(=O)NCc1ccccc1)CC2. The van der Waals surface area contributed by atoms with Gasteiger partial charge in [0.15, 0.2) is 5.01 Å². The summed E-state index contributed by atoms with van der Waals surface area (Å²) in [4.78, 5) is 32.5. The van der Waals surface area contributed by atoms with Gasteiger partial charge in [-0.15, -0.1) is 11.3 Å². The van der Waals surface area contributed by atoms with Gasteiger partial charge in [0.05, 0.1) is 5.69 Å². The van der Waals surface area contributed by atoms with Crippen molar-refractivity contribution in [2.45, 2.75) is 25.9 Å². The van der Waals surface area contributed by atoms with Crippen LogP contribution in [0.5, 0.6) is 0 Å². The van der Waals surface area contributed by atoms with Crippen molar-refractivity contribution < 1.29 is 9.59 Å². The minimum atomic E-state index is -0.144. The molecule has 2 heterocycles. The van der Waals surface area contributed by atoms with Gasteiger partial charge in [0.2, 0.25) is 0 Å². The fourth-order valence-electron chi connectivity index (χ4n) is 3.40. The van der Waals surface area contributed by atoms with Crippen molar-refractivity contribution in [1.82, 2.24) is 20.5 Å². The highest BCUT2D eigenvalue weighted by atomic mass is 32.1. The Kier molecular flexibility index (Phi) is 6.39. The molecule has 7 heteroatoms. The molecule has 0 radical (unpaired) electrons. The normalized spacial score (nSPS) is 13.3. The van der Waals surface area contributed by atoms with Crippen LogP contribution in [0.25, 0.3) is 0 Å². The second kappa shape index (κ2) is 9.54. The minimum absolute atomic E-state index is 0.0603. The predicted octanol–water partition coefficient (Wildman–Crippen LogP) is 3.38. The molecule has 2 N–H and O–H groups in total. The molecule has 1 aliphatic heterocycles. The lowest BCUT2D eigenvalue weighted by Crippen LogP contribution is -2.41. The number of fused-ring (bicyclic) bond motifs is 1. The van der Waals surface area contributed by atoms with E-state index in [9.17, 15) is 9.59 Å². The number of nitrogens with one attached hydrogen (secondary N) is 2. The lowest BCUT2D eigenvalue weighted by Gasteiger charge is -2.20. The average molecular weight is 421 g/mol. The zero-order chi connectivity index (χ0) is 20.8. The first-order valence-corrected chi connectivity index (χ1v) is 10.9. The summed E-state index contributed by atoms with van der Waals surface area (Å²) in [7, 11) is 0. The molecule has 3 aromatic rings. The molecular formula is C23H24N4O2S. The number of hydrogen-bond acceptors (Lipinski definition) is 4. The van der Waals surface area contributed by atoms with Gasteiger partial charge in [0.1, 0.15) is 0 Å². The molecule has 0 atom stereocenters. The zero-order valence-electron chi connectivity index (χ0n) is 16.6. The van der Waals surface area contributed by atoms with Crippen molar-refractivity contribution in [1.29, 1.82) is 0 Å². The highest BCUT2D eigenvalue weighted by Crippen LogP contribution is 2.23. The minimum Gasteiger partial charge on any atom is -0.346 e. The smallest absolute Gasteiger partial charge is 0.317 e. The van der Waals surface area contributed by atoms with E-state index in [2.05, 4.69) is 15.6 Å². The van der Waals surface area contributed by atoms with Crippen molar-refractivity contribution in [3.05, 3.63) is 87.4 Å². The molecule has 6 nitrogen and oxygen atoms in total. The number of aromatic nitrogens is 1. The Morgan fingerprint density at radius 1 is 0.867 bits per heavy atom. The molecule has 0 bridgehead atoms. The third-order valence-electron chi connectivity index (χ3n) is 5.07. The van der Waals surface area contributed by atoms with Crippen molar-refractivity contribution in [3.8, 4) is 0 Å². The number of thiazole rings is 1. The van der Waals surface area contributed by atoms with Gasteiger partial charge in [-0.1, -0.05) is 60.7 Å². The number of hydrogen-bond donors (Lipinski definition) is 2. The lowest BCUT2D eigenvalue weighted by molar-refractivity contribution is 0.0950. The maximum absolute atomic E-state index is 12.5. The molecule has 154 valence electrons. The highest BCUT2D eigenvalue weighted by Gasteiger charge is 2.23. The van der Waals surface area contributed by atoms with Gasteiger partial charge >= 0.3 is 6.03 Å². The molecule has 30 heavy (non-hydrogen) atoms. The fourth-order valence-corrected chi connectivity index (χ4v) is 4.42. The van der Waals surface area contributed by atoms with Crippen LogP contribution < -0.4 is 10.6 Å². The number of amides is 3. The fraction of sp³-hybridized carbons (Fsp3) is 0.261. The topological polar surface area (TPSA) is 74.3 Å². The first-order chi connectivity index (χ1) is 14.7. The van der Waals surface area contributed by atoms with Gasteiger partial charge in [-0.25, -0.2) is 9.78 Å². The molecule has 0 saturated carbocycles. The van der Waals surface area contributed by atoms with Crippen LogP contribution in [0, 0.1) is 0 Å².